The first-order valence-electron chi connectivity index (χ1n) is 7.83. The molecular weight excluding hydrogens is 296 g/mol. The number of hydrogen-bond donors (Lipinski definition) is 1. The molecule has 0 aliphatic carbocycles. The zero-order valence-corrected chi connectivity index (χ0v) is 13.6. The number of aliphatic hydroxyl groups is 1. The Bertz CT molecular complexity index is 525. The van der Waals surface area contributed by atoms with Gasteiger partial charge in [-0.3, -0.25) is 9.69 Å². The molecule has 1 heterocycles. The number of hydrogen-bond acceptors (Lipinski definition) is 5. The largest absolute Gasteiger partial charge is 0.454 e. The molecule has 1 aliphatic heterocycles. The van der Waals surface area contributed by atoms with Crippen LogP contribution < -0.4 is 0 Å². The molecule has 0 radical (unpaired) electrons. The van der Waals surface area contributed by atoms with E-state index >= 15 is 0 Å². The molecule has 126 valence electrons. The summed E-state index contributed by atoms with van der Waals surface area (Å²) in [4.78, 5) is 27.6. The molecule has 1 aromatic rings. The standard InChI is InChI=1S/C17H24N2O4/c1-18(2)15(21)12-23-17(22)16(13-6-4-3-5-7-13)19-10-8-14(20)9-11-19/h3-7,14,16,20H,8-12H2,1-2H3. The van der Waals surface area contributed by atoms with Gasteiger partial charge in [0.2, 0.25) is 0 Å². The van der Waals surface area contributed by atoms with Gasteiger partial charge in [0, 0.05) is 27.2 Å². The van der Waals surface area contributed by atoms with Crippen molar-refractivity contribution in [2.24, 2.45) is 0 Å². The maximum Gasteiger partial charge on any atom is 0.328 e. The van der Waals surface area contributed by atoms with Gasteiger partial charge in [0.1, 0.15) is 6.04 Å². The van der Waals surface area contributed by atoms with Gasteiger partial charge in [-0.1, -0.05) is 30.3 Å². The summed E-state index contributed by atoms with van der Waals surface area (Å²) in [5, 5.41) is 9.66. The number of ether oxygens (including phenoxy) is 1. The molecule has 1 aromatic carbocycles. The van der Waals surface area contributed by atoms with E-state index in [-0.39, 0.29) is 18.6 Å². The van der Waals surface area contributed by atoms with E-state index in [0.29, 0.717) is 25.9 Å². The van der Waals surface area contributed by atoms with Gasteiger partial charge in [0.05, 0.1) is 6.10 Å². The summed E-state index contributed by atoms with van der Waals surface area (Å²) >= 11 is 0. The Morgan fingerprint density at radius 2 is 1.87 bits per heavy atom. The average molecular weight is 320 g/mol. The lowest BCUT2D eigenvalue weighted by Gasteiger charge is -2.35. The van der Waals surface area contributed by atoms with Crippen molar-refractivity contribution in [3.05, 3.63) is 35.9 Å². The van der Waals surface area contributed by atoms with Crippen molar-refractivity contribution in [2.45, 2.75) is 25.0 Å². The van der Waals surface area contributed by atoms with Gasteiger partial charge >= 0.3 is 5.97 Å². The molecule has 0 bridgehead atoms. The van der Waals surface area contributed by atoms with Crippen LogP contribution in [-0.2, 0) is 14.3 Å². The van der Waals surface area contributed by atoms with Gasteiger partial charge in [0.25, 0.3) is 5.91 Å². The van der Waals surface area contributed by atoms with Gasteiger partial charge in [-0.05, 0) is 18.4 Å². The fourth-order valence-corrected chi connectivity index (χ4v) is 2.62. The number of nitrogens with zero attached hydrogens (tertiary/aromatic N) is 2. The predicted octanol–water partition coefficient (Wildman–Crippen LogP) is 0.816. The zero-order valence-electron chi connectivity index (χ0n) is 13.6. The van der Waals surface area contributed by atoms with Gasteiger partial charge in [0.15, 0.2) is 6.61 Å². The first kappa shape index (κ1) is 17.4. The van der Waals surface area contributed by atoms with Crippen LogP contribution in [0.3, 0.4) is 0 Å². The van der Waals surface area contributed by atoms with Gasteiger partial charge < -0.3 is 14.7 Å². The van der Waals surface area contributed by atoms with Crippen molar-refractivity contribution < 1.29 is 19.4 Å². The number of carbonyl (C=O) groups excluding carboxylic acids is 2. The van der Waals surface area contributed by atoms with Crippen LogP contribution in [0.4, 0.5) is 0 Å². The van der Waals surface area contributed by atoms with Crippen LogP contribution >= 0.6 is 0 Å². The molecule has 1 aliphatic rings. The fourth-order valence-electron chi connectivity index (χ4n) is 2.62. The number of benzene rings is 1. The number of esters is 1. The Labute approximate surface area is 136 Å². The van der Waals surface area contributed by atoms with Crippen LogP contribution in [0.1, 0.15) is 24.4 Å². The molecule has 1 fully saturated rings. The van der Waals surface area contributed by atoms with Gasteiger partial charge in [-0.25, -0.2) is 4.79 Å². The van der Waals surface area contributed by atoms with Crippen molar-refractivity contribution in [1.82, 2.24) is 9.80 Å². The van der Waals surface area contributed by atoms with Crippen molar-refractivity contribution in [1.29, 1.82) is 0 Å². The highest BCUT2D eigenvalue weighted by molar-refractivity contribution is 5.83. The summed E-state index contributed by atoms with van der Waals surface area (Å²) in [6.45, 7) is 0.987. The summed E-state index contributed by atoms with van der Waals surface area (Å²) in [5.74, 6) is -0.679. The molecule has 6 nitrogen and oxygen atoms in total. The van der Waals surface area contributed by atoms with Crippen LogP contribution in [0.2, 0.25) is 0 Å². The van der Waals surface area contributed by atoms with Crippen molar-refractivity contribution in [3.8, 4) is 0 Å². The monoisotopic (exact) mass is 320 g/mol. The molecule has 23 heavy (non-hydrogen) atoms. The van der Waals surface area contributed by atoms with E-state index in [2.05, 4.69) is 0 Å². The molecule has 0 aromatic heterocycles. The fraction of sp³-hybridized carbons (Fsp3) is 0.529. The first-order chi connectivity index (χ1) is 11.0. The maximum atomic E-state index is 12.6. The number of rotatable bonds is 5. The van der Waals surface area contributed by atoms with E-state index in [0.717, 1.165) is 5.56 Å². The molecule has 6 heteroatoms. The summed E-state index contributed by atoms with van der Waals surface area (Å²) in [6, 6.07) is 8.86. The molecule has 1 amide bonds. The number of piperidine rings is 1. The minimum Gasteiger partial charge on any atom is -0.454 e. The Hall–Kier alpha value is -1.92. The number of amides is 1. The highest BCUT2D eigenvalue weighted by Gasteiger charge is 2.32. The smallest absolute Gasteiger partial charge is 0.328 e. The number of likely N-dealkylation sites (N-methyl/N-ethyl adjacent to an activating group) is 1. The summed E-state index contributed by atoms with van der Waals surface area (Å²) in [7, 11) is 3.24. The Kier molecular flexibility index (Phi) is 6.12. The number of likely N-dealkylation sites (tertiary alicyclic amines) is 1. The molecular formula is C17H24N2O4. The summed E-state index contributed by atoms with van der Waals surface area (Å²) in [5.41, 5.74) is 0.839. The molecule has 1 unspecified atom stereocenters. The van der Waals surface area contributed by atoms with Gasteiger partial charge in [-0.2, -0.15) is 0 Å². The molecule has 1 saturated heterocycles. The van der Waals surface area contributed by atoms with E-state index in [1.165, 1.54) is 4.90 Å². The summed E-state index contributed by atoms with van der Waals surface area (Å²) < 4.78 is 5.23. The molecule has 2 rings (SSSR count). The minimum absolute atomic E-state index is 0.251. The highest BCUT2D eigenvalue weighted by Crippen LogP contribution is 2.26. The maximum absolute atomic E-state index is 12.6. The summed E-state index contributed by atoms with van der Waals surface area (Å²) in [6.07, 6.45) is 0.953. The SMILES string of the molecule is CN(C)C(=O)COC(=O)C(c1ccccc1)N1CCC(O)CC1. The molecule has 1 N–H and O–H groups in total. The number of carbonyl (C=O) groups is 2. The van der Waals surface area contributed by atoms with Gasteiger partial charge in [-0.15, -0.1) is 0 Å². The molecule has 0 spiro atoms. The second-order valence-electron chi connectivity index (χ2n) is 5.98. The molecule has 0 saturated carbocycles. The van der Waals surface area contributed by atoms with E-state index in [1.807, 2.05) is 35.2 Å². The van der Waals surface area contributed by atoms with Crippen LogP contribution in [-0.4, -0.2) is 66.7 Å². The highest BCUT2D eigenvalue weighted by atomic mass is 16.5. The third kappa shape index (κ3) is 4.77. The lowest BCUT2D eigenvalue weighted by Crippen LogP contribution is -2.42. The quantitative estimate of drug-likeness (QED) is 0.813. The van der Waals surface area contributed by atoms with Crippen molar-refractivity contribution in [2.75, 3.05) is 33.8 Å². The van der Waals surface area contributed by atoms with E-state index in [4.69, 9.17) is 4.74 Å². The second kappa shape index (κ2) is 8.08. The van der Waals surface area contributed by atoms with Crippen LogP contribution in [0.15, 0.2) is 30.3 Å². The normalized spacial score (nSPS) is 17.5. The Morgan fingerprint density at radius 3 is 2.43 bits per heavy atom. The van der Waals surface area contributed by atoms with Crippen LogP contribution in [0, 0.1) is 0 Å². The first-order valence-corrected chi connectivity index (χ1v) is 7.83. The lowest BCUT2D eigenvalue weighted by molar-refractivity contribution is -0.157. The zero-order chi connectivity index (χ0) is 16.8. The van der Waals surface area contributed by atoms with E-state index in [9.17, 15) is 14.7 Å². The van der Waals surface area contributed by atoms with Crippen molar-refractivity contribution >= 4 is 11.9 Å². The Balaban J connectivity index is 2.10. The molecule has 1 atom stereocenters. The second-order valence-corrected chi connectivity index (χ2v) is 5.98. The topological polar surface area (TPSA) is 70.1 Å². The van der Waals surface area contributed by atoms with Crippen LogP contribution in [0.5, 0.6) is 0 Å². The predicted molar refractivity (Wildman–Crippen MR) is 85.6 cm³/mol. The number of aliphatic hydroxyl groups excluding tert-OH is 1. The third-order valence-corrected chi connectivity index (χ3v) is 4.04. The lowest BCUT2D eigenvalue weighted by atomic mass is 10.0. The third-order valence-electron chi connectivity index (χ3n) is 4.04. The van der Waals surface area contributed by atoms with E-state index in [1.54, 1.807) is 14.1 Å². The minimum atomic E-state index is -0.543. The van der Waals surface area contributed by atoms with E-state index < -0.39 is 12.0 Å². The average Bonchev–Trinajstić information content (AvgIpc) is 2.55. The van der Waals surface area contributed by atoms with Crippen molar-refractivity contribution in [3.63, 3.8) is 0 Å². The van der Waals surface area contributed by atoms with Crippen LogP contribution in [0.25, 0.3) is 0 Å². The Morgan fingerprint density at radius 1 is 1.26 bits per heavy atom.